The summed E-state index contributed by atoms with van der Waals surface area (Å²) in [6.07, 6.45) is -2.44. The molecule has 3 nitrogen and oxygen atoms in total. The first-order valence-corrected chi connectivity index (χ1v) is 7.90. The zero-order valence-electron chi connectivity index (χ0n) is 13.3. The standard InChI is InChI=1S/C15H29F3N2O/c1-4-14(21)6-12-5-13(19-10-15(16,17)18)9-20(8-12)7-11(2)3/h11-14,19,21H,4-10H2,1-3H3. The number of nitrogens with zero attached hydrogens (tertiary/aromatic N) is 1. The highest BCUT2D eigenvalue weighted by Crippen LogP contribution is 2.24. The number of aliphatic hydroxyl groups is 1. The van der Waals surface area contributed by atoms with E-state index in [-0.39, 0.29) is 18.1 Å². The molecule has 2 N–H and O–H groups in total. The summed E-state index contributed by atoms with van der Waals surface area (Å²) in [6.45, 7) is 7.65. The first-order valence-electron chi connectivity index (χ1n) is 7.90. The van der Waals surface area contributed by atoms with Gasteiger partial charge in [-0.2, -0.15) is 13.2 Å². The van der Waals surface area contributed by atoms with Gasteiger partial charge >= 0.3 is 6.18 Å². The maximum Gasteiger partial charge on any atom is 0.401 e. The molecule has 1 heterocycles. The van der Waals surface area contributed by atoms with Gasteiger partial charge in [0.05, 0.1) is 12.6 Å². The summed E-state index contributed by atoms with van der Waals surface area (Å²) >= 11 is 0. The first-order chi connectivity index (χ1) is 9.69. The molecule has 1 rings (SSSR count). The van der Waals surface area contributed by atoms with Crippen molar-refractivity contribution in [3.8, 4) is 0 Å². The van der Waals surface area contributed by atoms with Gasteiger partial charge < -0.3 is 15.3 Å². The van der Waals surface area contributed by atoms with Crippen LogP contribution in [0.2, 0.25) is 0 Å². The lowest BCUT2D eigenvalue weighted by Gasteiger charge is -2.39. The summed E-state index contributed by atoms with van der Waals surface area (Å²) < 4.78 is 37.1. The molecule has 0 spiro atoms. The largest absolute Gasteiger partial charge is 0.401 e. The number of hydrogen-bond acceptors (Lipinski definition) is 3. The average molecular weight is 310 g/mol. The molecule has 1 aliphatic heterocycles. The molecule has 6 heteroatoms. The van der Waals surface area contributed by atoms with E-state index in [1.54, 1.807) is 0 Å². The van der Waals surface area contributed by atoms with Crippen LogP contribution in [0.5, 0.6) is 0 Å². The smallest absolute Gasteiger partial charge is 0.393 e. The summed E-state index contributed by atoms with van der Waals surface area (Å²) in [7, 11) is 0. The SMILES string of the molecule is CCC(O)CC1CC(NCC(F)(F)F)CN(CC(C)C)C1. The summed E-state index contributed by atoms with van der Waals surface area (Å²) in [5, 5.41) is 12.4. The Labute approximate surface area is 125 Å². The molecule has 0 amide bonds. The van der Waals surface area contributed by atoms with E-state index in [9.17, 15) is 18.3 Å². The van der Waals surface area contributed by atoms with Crippen LogP contribution in [-0.4, -0.2) is 54.5 Å². The number of aliphatic hydroxyl groups excluding tert-OH is 1. The van der Waals surface area contributed by atoms with Gasteiger partial charge in [0, 0.05) is 25.7 Å². The van der Waals surface area contributed by atoms with E-state index in [4.69, 9.17) is 0 Å². The Morgan fingerprint density at radius 1 is 1.29 bits per heavy atom. The van der Waals surface area contributed by atoms with E-state index < -0.39 is 12.7 Å². The maximum atomic E-state index is 12.4. The molecular weight excluding hydrogens is 281 g/mol. The van der Waals surface area contributed by atoms with Gasteiger partial charge in [-0.3, -0.25) is 0 Å². The normalized spacial score (nSPS) is 26.3. The molecule has 1 fully saturated rings. The highest BCUT2D eigenvalue weighted by molar-refractivity contribution is 4.85. The Balaban J connectivity index is 2.56. The number of nitrogens with one attached hydrogen (secondary N) is 1. The molecule has 0 aromatic heterocycles. The van der Waals surface area contributed by atoms with Crippen LogP contribution in [0.25, 0.3) is 0 Å². The van der Waals surface area contributed by atoms with E-state index in [1.807, 2.05) is 6.92 Å². The highest BCUT2D eigenvalue weighted by atomic mass is 19.4. The zero-order chi connectivity index (χ0) is 16.0. The van der Waals surface area contributed by atoms with Gasteiger partial charge in [-0.25, -0.2) is 0 Å². The van der Waals surface area contributed by atoms with Gasteiger partial charge in [0.2, 0.25) is 0 Å². The van der Waals surface area contributed by atoms with Crippen molar-refractivity contribution in [2.75, 3.05) is 26.2 Å². The maximum absolute atomic E-state index is 12.4. The molecule has 1 aliphatic rings. The van der Waals surface area contributed by atoms with Crippen molar-refractivity contribution in [2.45, 2.75) is 58.4 Å². The molecular formula is C15H29F3N2O. The Hall–Kier alpha value is -0.330. The lowest BCUT2D eigenvalue weighted by atomic mass is 9.88. The van der Waals surface area contributed by atoms with Crippen LogP contribution < -0.4 is 5.32 Å². The van der Waals surface area contributed by atoms with Gasteiger partial charge in [0.25, 0.3) is 0 Å². The van der Waals surface area contributed by atoms with Crippen LogP contribution in [0.1, 0.15) is 40.0 Å². The molecule has 21 heavy (non-hydrogen) atoms. The third kappa shape index (κ3) is 8.02. The van der Waals surface area contributed by atoms with Gasteiger partial charge in [-0.05, 0) is 31.1 Å². The van der Waals surface area contributed by atoms with E-state index >= 15 is 0 Å². The summed E-state index contributed by atoms with van der Waals surface area (Å²) in [5.41, 5.74) is 0. The van der Waals surface area contributed by atoms with Crippen molar-refractivity contribution in [1.29, 1.82) is 0 Å². The predicted molar refractivity (Wildman–Crippen MR) is 78.1 cm³/mol. The van der Waals surface area contributed by atoms with Crippen molar-refractivity contribution < 1.29 is 18.3 Å². The van der Waals surface area contributed by atoms with Crippen LogP contribution in [0.3, 0.4) is 0 Å². The van der Waals surface area contributed by atoms with Crippen molar-refractivity contribution in [3.63, 3.8) is 0 Å². The van der Waals surface area contributed by atoms with E-state index in [0.29, 0.717) is 31.7 Å². The Morgan fingerprint density at radius 3 is 2.48 bits per heavy atom. The average Bonchev–Trinajstić information content (AvgIpc) is 2.34. The molecule has 0 aromatic rings. The minimum atomic E-state index is -4.17. The summed E-state index contributed by atoms with van der Waals surface area (Å²) in [6, 6.07) is -0.145. The molecule has 3 unspecified atom stereocenters. The van der Waals surface area contributed by atoms with Gasteiger partial charge in [0.1, 0.15) is 0 Å². The van der Waals surface area contributed by atoms with Crippen LogP contribution in [0, 0.1) is 11.8 Å². The van der Waals surface area contributed by atoms with Crippen molar-refractivity contribution in [1.82, 2.24) is 10.2 Å². The first kappa shape index (κ1) is 18.7. The quantitative estimate of drug-likeness (QED) is 0.759. The van der Waals surface area contributed by atoms with Crippen LogP contribution in [0.15, 0.2) is 0 Å². The van der Waals surface area contributed by atoms with Crippen molar-refractivity contribution in [2.24, 2.45) is 11.8 Å². The van der Waals surface area contributed by atoms with E-state index in [2.05, 4.69) is 24.1 Å². The zero-order valence-corrected chi connectivity index (χ0v) is 13.3. The third-order valence-electron chi connectivity index (χ3n) is 3.90. The molecule has 0 saturated carbocycles. The minimum absolute atomic E-state index is 0.145. The molecule has 126 valence electrons. The second-order valence-corrected chi connectivity index (χ2v) is 6.70. The lowest BCUT2D eigenvalue weighted by molar-refractivity contribution is -0.127. The number of hydrogen-bond donors (Lipinski definition) is 2. The second-order valence-electron chi connectivity index (χ2n) is 6.70. The number of rotatable bonds is 7. The second kappa shape index (κ2) is 8.34. The fourth-order valence-electron chi connectivity index (χ4n) is 3.10. The minimum Gasteiger partial charge on any atom is -0.393 e. The summed E-state index contributed by atoms with van der Waals surface area (Å²) in [5.74, 6) is 0.751. The van der Waals surface area contributed by atoms with Gasteiger partial charge in [-0.1, -0.05) is 20.8 Å². The Morgan fingerprint density at radius 2 is 1.95 bits per heavy atom. The van der Waals surface area contributed by atoms with Crippen LogP contribution >= 0.6 is 0 Å². The van der Waals surface area contributed by atoms with Crippen molar-refractivity contribution in [3.05, 3.63) is 0 Å². The lowest BCUT2D eigenvalue weighted by Crippen LogP contribution is -2.52. The Kier molecular flexibility index (Phi) is 7.44. The molecule has 0 bridgehead atoms. The molecule has 0 aromatic carbocycles. The molecule has 0 aliphatic carbocycles. The Bertz CT molecular complexity index is 297. The predicted octanol–water partition coefficient (Wildman–Crippen LogP) is 2.65. The highest BCUT2D eigenvalue weighted by Gasteiger charge is 2.32. The number of alkyl halides is 3. The van der Waals surface area contributed by atoms with E-state index in [0.717, 1.165) is 13.1 Å². The molecule has 3 atom stereocenters. The number of piperidine rings is 1. The van der Waals surface area contributed by atoms with Crippen LogP contribution in [-0.2, 0) is 0 Å². The molecule has 0 radical (unpaired) electrons. The van der Waals surface area contributed by atoms with Gasteiger partial charge in [0.15, 0.2) is 0 Å². The van der Waals surface area contributed by atoms with Crippen LogP contribution in [0.4, 0.5) is 13.2 Å². The monoisotopic (exact) mass is 310 g/mol. The fourth-order valence-corrected chi connectivity index (χ4v) is 3.10. The van der Waals surface area contributed by atoms with Gasteiger partial charge in [-0.15, -0.1) is 0 Å². The topological polar surface area (TPSA) is 35.5 Å². The number of halogens is 3. The van der Waals surface area contributed by atoms with Crippen molar-refractivity contribution >= 4 is 0 Å². The third-order valence-corrected chi connectivity index (χ3v) is 3.90. The number of likely N-dealkylation sites (tertiary alicyclic amines) is 1. The van der Waals surface area contributed by atoms with E-state index in [1.165, 1.54) is 0 Å². The molecule has 1 saturated heterocycles. The fraction of sp³-hybridized carbons (Fsp3) is 1.00. The summed E-state index contributed by atoms with van der Waals surface area (Å²) in [4.78, 5) is 2.23.